The third kappa shape index (κ3) is 6.88. The summed E-state index contributed by atoms with van der Waals surface area (Å²) < 4.78 is 2.50. The molecule has 3 aromatic heterocycles. The van der Waals surface area contributed by atoms with Crippen LogP contribution in [0.4, 0.5) is 0 Å². The summed E-state index contributed by atoms with van der Waals surface area (Å²) in [7, 11) is 0. The minimum atomic E-state index is 0.292. The molecule has 2 aliphatic carbocycles. The smallest absolute Gasteiger partial charge is 0.160 e. The van der Waals surface area contributed by atoms with Crippen molar-refractivity contribution >= 4 is 75.5 Å². The average Bonchev–Trinajstić information content (AvgIpc) is 3.76. The van der Waals surface area contributed by atoms with Gasteiger partial charge in [0, 0.05) is 37.6 Å². The molecule has 10 aromatic rings. The average molecular weight is 838 g/mol. The van der Waals surface area contributed by atoms with Crippen molar-refractivity contribution in [2.24, 2.45) is 5.92 Å². The molecule has 0 saturated heterocycles. The molecule has 0 aliphatic heterocycles. The summed E-state index contributed by atoms with van der Waals surface area (Å²) in [6, 6.07) is 63.2. The van der Waals surface area contributed by atoms with Crippen molar-refractivity contribution < 1.29 is 0 Å². The summed E-state index contributed by atoms with van der Waals surface area (Å²) in [5.41, 5.74) is 16.0. The number of hydrogen-bond donors (Lipinski definition) is 0. The van der Waals surface area contributed by atoms with Gasteiger partial charge in [-0.25, -0.2) is 15.0 Å². The highest BCUT2D eigenvalue weighted by Gasteiger charge is 2.23. The Morgan fingerprint density at radius 2 is 1.22 bits per heavy atom. The predicted octanol–water partition coefficient (Wildman–Crippen LogP) is 16.3. The number of benzene rings is 7. The van der Waals surface area contributed by atoms with Gasteiger partial charge in [-0.05, 0) is 105 Å². The lowest BCUT2D eigenvalue weighted by Gasteiger charge is -2.23. The standard InChI is InChI=1S/C60H43N3S/c1-38-34-45(40-16-6-3-7-17-40)30-32-48(38)55-37-54(43-28-26-41(27-29-43)39-14-4-2-5-15-39)62-60(63-55)47-21-12-20-44(35-47)46-31-33-53-52(36-46)57-51-23-10-11-25-56(51)64-59(57)58(61-53)50-24-13-19-42-18-8-9-22-49(42)50/h2-11,13-19,21-33,35-38H,12,20,34H2,1H3. The molecule has 4 heteroatoms. The number of nitrogens with zero attached hydrogens (tertiary/aromatic N) is 3. The van der Waals surface area contributed by atoms with Crippen LogP contribution in [0.5, 0.6) is 0 Å². The number of rotatable bonds is 7. The van der Waals surface area contributed by atoms with Crippen LogP contribution in [0.2, 0.25) is 0 Å². The summed E-state index contributed by atoms with van der Waals surface area (Å²) in [6.07, 6.45) is 12.0. The van der Waals surface area contributed by atoms with E-state index in [1.807, 2.05) is 11.3 Å². The molecule has 7 aromatic carbocycles. The summed E-state index contributed by atoms with van der Waals surface area (Å²) in [5, 5.41) is 6.19. The van der Waals surface area contributed by atoms with Crippen LogP contribution in [0.25, 0.3) is 97.8 Å². The van der Waals surface area contributed by atoms with Crippen LogP contribution < -0.4 is 0 Å². The van der Waals surface area contributed by atoms with Gasteiger partial charge in [0.1, 0.15) is 0 Å². The number of hydrogen-bond acceptors (Lipinski definition) is 4. The molecule has 0 spiro atoms. The lowest BCUT2D eigenvalue weighted by atomic mass is 9.84. The Morgan fingerprint density at radius 3 is 2.05 bits per heavy atom. The van der Waals surface area contributed by atoms with E-state index in [0.29, 0.717) is 5.92 Å². The molecule has 0 bridgehead atoms. The Labute approximate surface area is 377 Å². The van der Waals surface area contributed by atoms with Gasteiger partial charge in [0.15, 0.2) is 5.82 Å². The van der Waals surface area contributed by atoms with E-state index < -0.39 is 0 Å². The zero-order valence-corrected chi connectivity index (χ0v) is 36.3. The van der Waals surface area contributed by atoms with Crippen LogP contribution in [0, 0.1) is 5.92 Å². The molecule has 3 nitrogen and oxygen atoms in total. The second-order valence-corrected chi connectivity index (χ2v) is 18.1. The number of aromatic nitrogens is 3. The first-order valence-corrected chi connectivity index (χ1v) is 23.1. The maximum absolute atomic E-state index is 5.46. The molecule has 1 unspecified atom stereocenters. The van der Waals surface area contributed by atoms with Gasteiger partial charge in [-0.1, -0.05) is 177 Å². The first-order chi connectivity index (χ1) is 31.6. The van der Waals surface area contributed by atoms with E-state index >= 15 is 0 Å². The van der Waals surface area contributed by atoms with Crippen molar-refractivity contribution in [3.05, 3.63) is 223 Å². The van der Waals surface area contributed by atoms with Crippen molar-refractivity contribution in [1.29, 1.82) is 0 Å². The first-order valence-electron chi connectivity index (χ1n) is 22.3. The quantitative estimate of drug-likeness (QED) is 0.160. The highest BCUT2D eigenvalue weighted by Crippen LogP contribution is 2.45. The van der Waals surface area contributed by atoms with Crippen molar-refractivity contribution in [2.75, 3.05) is 0 Å². The fourth-order valence-corrected chi connectivity index (χ4v) is 11.0. The Balaban J connectivity index is 0.970. The molecule has 0 saturated carbocycles. The first kappa shape index (κ1) is 38.2. The molecular formula is C60H43N3S. The number of pyridine rings is 1. The van der Waals surface area contributed by atoms with Crippen molar-refractivity contribution in [3.63, 3.8) is 0 Å². The van der Waals surface area contributed by atoms with Crippen molar-refractivity contribution in [2.45, 2.75) is 26.2 Å². The van der Waals surface area contributed by atoms with Gasteiger partial charge in [0.2, 0.25) is 0 Å². The van der Waals surface area contributed by atoms with E-state index in [2.05, 4.69) is 207 Å². The monoisotopic (exact) mass is 837 g/mol. The number of thiophene rings is 1. The molecule has 0 fully saturated rings. The molecule has 0 radical (unpaired) electrons. The number of allylic oxidation sites excluding steroid dienone is 8. The second kappa shape index (κ2) is 16.0. The second-order valence-electron chi connectivity index (χ2n) is 17.1. The van der Waals surface area contributed by atoms with Gasteiger partial charge < -0.3 is 0 Å². The topological polar surface area (TPSA) is 38.7 Å². The zero-order chi connectivity index (χ0) is 42.6. The predicted molar refractivity (Wildman–Crippen MR) is 272 cm³/mol. The molecule has 3 heterocycles. The van der Waals surface area contributed by atoms with Gasteiger partial charge in [-0.15, -0.1) is 11.3 Å². The fourth-order valence-electron chi connectivity index (χ4n) is 9.79. The highest BCUT2D eigenvalue weighted by molar-refractivity contribution is 7.26. The van der Waals surface area contributed by atoms with Crippen LogP contribution in [0.3, 0.4) is 0 Å². The molecule has 64 heavy (non-hydrogen) atoms. The van der Waals surface area contributed by atoms with Gasteiger partial charge >= 0.3 is 0 Å². The highest BCUT2D eigenvalue weighted by atomic mass is 32.1. The largest absolute Gasteiger partial charge is 0.246 e. The van der Waals surface area contributed by atoms with Crippen molar-refractivity contribution in [1.82, 2.24) is 15.0 Å². The van der Waals surface area contributed by atoms with E-state index in [0.717, 1.165) is 58.8 Å². The maximum Gasteiger partial charge on any atom is 0.160 e. The van der Waals surface area contributed by atoms with E-state index in [1.54, 1.807) is 0 Å². The van der Waals surface area contributed by atoms with E-state index in [1.165, 1.54) is 80.9 Å². The Morgan fingerprint density at radius 1 is 0.531 bits per heavy atom. The van der Waals surface area contributed by atoms with Crippen molar-refractivity contribution in [3.8, 4) is 33.6 Å². The molecule has 0 N–H and O–H groups in total. The summed E-state index contributed by atoms with van der Waals surface area (Å²) in [5.74, 6) is 1.05. The van der Waals surface area contributed by atoms with Gasteiger partial charge in [0.25, 0.3) is 0 Å². The Bertz CT molecular complexity index is 3570. The molecule has 0 amide bonds. The minimum Gasteiger partial charge on any atom is -0.246 e. The van der Waals surface area contributed by atoms with Crippen LogP contribution in [0.15, 0.2) is 200 Å². The maximum atomic E-state index is 5.46. The molecule has 304 valence electrons. The van der Waals surface area contributed by atoms with E-state index in [-0.39, 0.29) is 0 Å². The third-order valence-electron chi connectivity index (χ3n) is 13.1. The zero-order valence-electron chi connectivity index (χ0n) is 35.5. The van der Waals surface area contributed by atoms with Gasteiger partial charge in [-0.3, -0.25) is 0 Å². The van der Waals surface area contributed by atoms with Crippen LogP contribution in [-0.2, 0) is 0 Å². The molecule has 2 aliphatic rings. The summed E-state index contributed by atoms with van der Waals surface area (Å²) in [4.78, 5) is 16.2. The van der Waals surface area contributed by atoms with Crippen LogP contribution in [-0.4, -0.2) is 15.0 Å². The Kier molecular flexibility index (Phi) is 9.53. The molecular weight excluding hydrogens is 795 g/mol. The molecule has 1 atom stereocenters. The normalized spacial score (nSPS) is 15.3. The molecule has 12 rings (SSSR count). The van der Waals surface area contributed by atoms with Gasteiger partial charge in [0.05, 0.1) is 27.3 Å². The summed E-state index contributed by atoms with van der Waals surface area (Å²) in [6.45, 7) is 2.32. The summed E-state index contributed by atoms with van der Waals surface area (Å²) >= 11 is 1.85. The number of fused-ring (bicyclic) bond motifs is 6. The SMILES string of the molecule is CC1CC(c2ccccc2)=CC=C1c1cc(-c2ccc(-c3ccccc3)cc2)nc(C2=CCCC(c3ccc4nc(-c5cccc6ccccc56)c5sc6ccccc6c5c4c3)=C2)n1. The minimum absolute atomic E-state index is 0.292. The van der Waals surface area contributed by atoms with E-state index in [9.17, 15) is 0 Å². The fraction of sp³-hybridized carbons (Fsp3) is 0.0833. The third-order valence-corrected chi connectivity index (χ3v) is 14.2. The van der Waals surface area contributed by atoms with E-state index in [4.69, 9.17) is 15.0 Å². The lowest BCUT2D eigenvalue weighted by molar-refractivity contribution is 0.765. The lowest BCUT2D eigenvalue weighted by Crippen LogP contribution is -2.09. The van der Waals surface area contributed by atoms with Crippen LogP contribution in [0.1, 0.15) is 48.8 Å². The Hall–Kier alpha value is -7.53. The van der Waals surface area contributed by atoms with Crippen LogP contribution >= 0.6 is 11.3 Å². The van der Waals surface area contributed by atoms with Gasteiger partial charge in [-0.2, -0.15) is 0 Å².